The molecule has 1 aliphatic carbocycles. The Balaban J connectivity index is 2.04. The van der Waals surface area contributed by atoms with Crippen molar-refractivity contribution in [1.82, 2.24) is 4.90 Å². The summed E-state index contributed by atoms with van der Waals surface area (Å²) < 4.78 is 0. The number of hydrogen-bond acceptors (Lipinski definition) is 2. The van der Waals surface area contributed by atoms with Gasteiger partial charge in [0.25, 0.3) is 11.8 Å². The van der Waals surface area contributed by atoms with Crippen molar-refractivity contribution < 1.29 is 9.59 Å². The summed E-state index contributed by atoms with van der Waals surface area (Å²) in [7, 11) is 0. The Hall–Kier alpha value is -1.90. The number of amides is 2. The number of rotatable bonds is 1. The molecule has 0 spiro atoms. The Kier molecular flexibility index (Phi) is 1.93. The van der Waals surface area contributed by atoms with Gasteiger partial charge in [-0.25, -0.2) is 0 Å². The van der Waals surface area contributed by atoms with Crippen molar-refractivity contribution in [3.63, 3.8) is 0 Å². The Labute approximate surface area is 93.4 Å². The summed E-state index contributed by atoms with van der Waals surface area (Å²) in [5, 5.41) is 0. The Bertz CT molecular complexity index is 469. The van der Waals surface area contributed by atoms with Crippen LogP contribution in [0.4, 0.5) is 0 Å². The molecule has 0 bridgehead atoms. The van der Waals surface area contributed by atoms with E-state index in [1.54, 1.807) is 24.3 Å². The van der Waals surface area contributed by atoms with E-state index in [4.69, 9.17) is 0 Å². The van der Waals surface area contributed by atoms with Crippen LogP contribution in [0.15, 0.2) is 36.4 Å². The minimum atomic E-state index is -0.155. The van der Waals surface area contributed by atoms with Crippen LogP contribution in [0.1, 0.15) is 33.6 Å². The van der Waals surface area contributed by atoms with E-state index in [0.29, 0.717) is 11.1 Å². The van der Waals surface area contributed by atoms with E-state index >= 15 is 0 Å². The van der Waals surface area contributed by atoms with Crippen LogP contribution in [-0.2, 0) is 0 Å². The van der Waals surface area contributed by atoms with Crippen LogP contribution >= 0.6 is 0 Å². The maximum absolute atomic E-state index is 12.1. The molecule has 80 valence electrons. The first kappa shape index (κ1) is 9.33. The lowest BCUT2D eigenvalue weighted by Crippen LogP contribution is -2.37. The fourth-order valence-electron chi connectivity index (χ4n) is 2.34. The van der Waals surface area contributed by atoms with Gasteiger partial charge in [-0.15, -0.1) is 0 Å². The SMILES string of the molecule is O=C1c2ccccc2C(=O)N1[C@@H]1C=CCC1. The fourth-order valence-corrected chi connectivity index (χ4v) is 2.34. The highest BCUT2D eigenvalue weighted by molar-refractivity contribution is 6.21. The second kappa shape index (κ2) is 3.30. The molecule has 0 unspecified atom stereocenters. The van der Waals surface area contributed by atoms with Gasteiger partial charge >= 0.3 is 0 Å². The Morgan fingerprint density at radius 3 is 2.19 bits per heavy atom. The van der Waals surface area contributed by atoms with Gasteiger partial charge in [0.1, 0.15) is 0 Å². The third-order valence-corrected chi connectivity index (χ3v) is 3.14. The minimum absolute atomic E-state index is 0.0487. The van der Waals surface area contributed by atoms with Crippen LogP contribution in [0.3, 0.4) is 0 Å². The molecule has 0 saturated heterocycles. The molecule has 1 aromatic rings. The number of benzene rings is 1. The van der Waals surface area contributed by atoms with E-state index in [1.807, 2.05) is 12.2 Å². The second-order valence-corrected chi connectivity index (χ2v) is 4.10. The van der Waals surface area contributed by atoms with Gasteiger partial charge in [0.15, 0.2) is 0 Å². The largest absolute Gasteiger partial charge is 0.269 e. The summed E-state index contributed by atoms with van der Waals surface area (Å²) in [6.45, 7) is 0. The van der Waals surface area contributed by atoms with Gasteiger partial charge in [-0.05, 0) is 25.0 Å². The van der Waals surface area contributed by atoms with Gasteiger partial charge in [0, 0.05) is 0 Å². The summed E-state index contributed by atoms with van der Waals surface area (Å²) in [5.41, 5.74) is 1.07. The monoisotopic (exact) mass is 213 g/mol. The molecule has 0 radical (unpaired) electrons. The van der Waals surface area contributed by atoms with Crippen LogP contribution in [0.2, 0.25) is 0 Å². The maximum Gasteiger partial charge on any atom is 0.262 e. The lowest BCUT2D eigenvalue weighted by molar-refractivity contribution is 0.0614. The lowest BCUT2D eigenvalue weighted by Gasteiger charge is -2.19. The maximum atomic E-state index is 12.1. The molecule has 3 rings (SSSR count). The summed E-state index contributed by atoms with van der Waals surface area (Å²) in [6, 6.07) is 6.96. The summed E-state index contributed by atoms with van der Waals surface area (Å²) in [6.07, 6.45) is 5.76. The lowest BCUT2D eigenvalue weighted by atomic mass is 10.1. The number of carbonyl (C=O) groups excluding carboxylic acids is 2. The van der Waals surface area contributed by atoms with Gasteiger partial charge in [0.05, 0.1) is 17.2 Å². The van der Waals surface area contributed by atoms with E-state index < -0.39 is 0 Å². The highest BCUT2D eigenvalue weighted by Gasteiger charge is 2.39. The smallest absolute Gasteiger partial charge is 0.262 e. The van der Waals surface area contributed by atoms with Crippen molar-refractivity contribution in [3.8, 4) is 0 Å². The van der Waals surface area contributed by atoms with Gasteiger partial charge < -0.3 is 0 Å². The Morgan fingerprint density at radius 1 is 1.06 bits per heavy atom. The van der Waals surface area contributed by atoms with E-state index in [2.05, 4.69) is 0 Å². The van der Waals surface area contributed by atoms with Crippen LogP contribution in [-0.4, -0.2) is 22.8 Å². The molecule has 1 heterocycles. The number of allylic oxidation sites excluding steroid dienone is 1. The number of nitrogens with zero attached hydrogens (tertiary/aromatic N) is 1. The van der Waals surface area contributed by atoms with E-state index in [1.165, 1.54) is 4.90 Å². The molecule has 0 fully saturated rings. The molecular formula is C13H11NO2. The van der Waals surface area contributed by atoms with Crippen molar-refractivity contribution in [2.45, 2.75) is 18.9 Å². The highest BCUT2D eigenvalue weighted by Crippen LogP contribution is 2.28. The first-order valence-corrected chi connectivity index (χ1v) is 5.42. The molecule has 0 saturated carbocycles. The predicted molar refractivity (Wildman–Crippen MR) is 59.1 cm³/mol. The first-order valence-electron chi connectivity index (χ1n) is 5.42. The summed E-state index contributed by atoms with van der Waals surface area (Å²) >= 11 is 0. The van der Waals surface area contributed by atoms with Gasteiger partial charge in [-0.2, -0.15) is 0 Å². The standard InChI is InChI=1S/C13H11NO2/c15-12-10-7-3-4-8-11(10)13(16)14(12)9-5-1-2-6-9/h1,3-5,7-9H,2,6H2/t9-/m1/s1. The third-order valence-electron chi connectivity index (χ3n) is 3.14. The van der Waals surface area contributed by atoms with E-state index in [-0.39, 0.29) is 17.9 Å². The van der Waals surface area contributed by atoms with E-state index in [0.717, 1.165) is 12.8 Å². The zero-order valence-electron chi connectivity index (χ0n) is 8.72. The van der Waals surface area contributed by atoms with Gasteiger partial charge in [-0.3, -0.25) is 14.5 Å². The molecule has 3 heteroatoms. The van der Waals surface area contributed by atoms with Gasteiger partial charge in [-0.1, -0.05) is 24.3 Å². The molecule has 2 aliphatic rings. The molecule has 3 nitrogen and oxygen atoms in total. The molecule has 2 amide bonds. The average Bonchev–Trinajstić information content (AvgIpc) is 2.89. The second-order valence-electron chi connectivity index (χ2n) is 4.10. The van der Waals surface area contributed by atoms with Crippen molar-refractivity contribution in [2.24, 2.45) is 0 Å². The first-order chi connectivity index (χ1) is 7.79. The van der Waals surface area contributed by atoms with Crippen LogP contribution in [0.5, 0.6) is 0 Å². The quantitative estimate of drug-likeness (QED) is 0.528. The number of hydrogen-bond donors (Lipinski definition) is 0. The zero-order valence-corrected chi connectivity index (χ0v) is 8.72. The van der Waals surface area contributed by atoms with Crippen LogP contribution in [0.25, 0.3) is 0 Å². The number of carbonyl (C=O) groups is 2. The van der Waals surface area contributed by atoms with Gasteiger partial charge in [0.2, 0.25) is 0 Å². The number of imide groups is 1. The summed E-state index contributed by atoms with van der Waals surface area (Å²) in [4.78, 5) is 25.5. The zero-order chi connectivity index (χ0) is 11.1. The van der Waals surface area contributed by atoms with E-state index in [9.17, 15) is 9.59 Å². The molecule has 1 atom stereocenters. The third kappa shape index (κ3) is 1.14. The minimum Gasteiger partial charge on any atom is -0.269 e. The van der Waals surface area contributed by atoms with Crippen molar-refractivity contribution in [2.75, 3.05) is 0 Å². The molecular weight excluding hydrogens is 202 g/mol. The molecule has 1 aliphatic heterocycles. The topological polar surface area (TPSA) is 37.4 Å². The molecule has 0 N–H and O–H groups in total. The summed E-state index contributed by atoms with van der Waals surface area (Å²) in [5.74, 6) is -0.311. The molecule has 16 heavy (non-hydrogen) atoms. The molecule has 1 aromatic carbocycles. The highest BCUT2D eigenvalue weighted by atomic mass is 16.2. The van der Waals surface area contributed by atoms with Crippen molar-refractivity contribution in [3.05, 3.63) is 47.5 Å². The Morgan fingerprint density at radius 2 is 1.69 bits per heavy atom. The van der Waals surface area contributed by atoms with Crippen LogP contribution in [0, 0.1) is 0 Å². The van der Waals surface area contributed by atoms with Crippen LogP contribution < -0.4 is 0 Å². The average molecular weight is 213 g/mol. The number of fused-ring (bicyclic) bond motifs is 1. The predicted octanol–water partition coefficient (Wildman–Crippen LogP) is 2.00. The van der Waals surface area contributed by atoms with Crippen molar-refractivity contribution in [1.29, 1.82) is 0 Å². The fraction of sp³-hybridized carbons (Fsp3) is 0.231. The normalized spacial score (nSPS) is 23.0. The molecule has 0 aromatic heterocycles. The van der Waals surface area contributed by atoms with Crippen molar-refractivity contribution >= 4 is 11.8 Å².